The minimum absolute atomic E-state index is 0.145. The molecule has 17 heavy (non-hydrogen) atoms. The van der Waals surface area contributed by atoms with Crippen molar-refractivity contribution >= 4 is 5.97 Å². The number of benzene rings is 1. The third-order valence-electron chi connectivity index (χ3n) is 3.41. The number of hydrogen-bond acceptors (Lipinski definition) is 3. The van der Waals surface area contributed by atoms with Crippen molar-refractivity contribution < 1.29 is 15.0 Å². The average molecular weight is 235 g/mol. The molecule has 1 saturated heterocycles. The van der Waals surface area contributed by atoms with Crippen LogP contribution in [0.1, 0.15) is 24.4 Å². The number of rotatable bonds is 2. The molecule has 1 aromatic rings. The zero-order chi connectivity index (χ0) is 12.4. The predicted octanol–water partition coefficient (Wildman–Crippen LogP) is 1.86. The molecule has 2 N–H and O–H groups in total. The molecule has 1 aromatic carbocycles. The van der Waals surface area contributed by atoms with Crippen molar-refractivity contribution in [3.8, 4) is 5.75 Å². The SMILES string of the molecule is CN1CCC[C@H](C(=O)O)[C@H]1c1cccc(O)c1. The molecule has 4 heteroatoms. The van der Waals surface area contributed by atoms with Gasteiger partial charge in [0.05, 0.1) is 5.92 Å². The van der Waals surface area contributed by atoms with Gasteiger partial charge in [-0.3, -0.25) is 9.69 Å². The lowest BCUT2D eigenvalue weighted by molar-refractivity contribution is -0.145. The summed E-state index contributed by atoms with van der Waals surface area (Å²) in [5.41, 5.74) is 0.875. The molecular weight excluding hydrogens is 218 g/mol. The fourth-order valence-corrected chi connectivity index (χ4v) is 2.62. The van der Waals surface area contributed by atoms with Crippen LogP contribution in [-0.2, 0) is 4.79 Å². The summed E-state index contributed by atoms with van der Waals surface area (Å²) in [6.07, 6.45) is 1.60. The Morgan fingerprint density at radius 1 is 1.47 bits per heavy atom. The first-order valence-corrected chi connectivity index (χ1v) is 5.81. The van der Waals surface area contributed by atoms with Crippen LogP contribution in [0.5, 0.6) is 5.75 Å². The van der Waals surface area contributed by atoms with E-state index in [1.165, 1.54) is 0 Å². The fraction of sp³-hybridized carbons (Fsp3) is 0.462. The van der Waals surface area contributed by atoms with Crippen LogP contribution in [0.15, 0.2) is 24.3 Å². The zero-order valence-corrected chi connectivity index (χ0v) is 9.84. The number of phenols is 1. The molecule has 0 aromatic heterocycles. The molecule has 2 atom stereocenters. The van der Waals surface area contributed by atoms with Gasteiger partial charge in [-0.1, -0.05) is 12.1 Å². The molecule has 1 aliphatic heterocycles. The van der Waals surface area contributed by atoms with Gasteiger partial charge in [-0.05, 0) is 44.1 Å². The van der Waals surface area contributed by atoms with Gasteiger partial charge in [0.2, 0.25) is 0 Å². The number of likely N-dealkylation sites (tertiary alicyclic amines) is 1. The average Bonchev–Trinajstić information content (AvgIpc) is 2.28. The zero-order valence-electron chi connectivity index (χ0n) is 9.84. The van der Waals surface area contributed by atoms with Crippen LogP contribution in [0.2, 0.25) is 0 Å². The second kappa shape index (κ2) is 4.75. The molecule has 0 amide bonds. The van der Waals surface area contributed by atoms with Gasteiger partial charge in [0.1, 0.15) is 5.75 Å². The van der Waals surface area contributed by atoms with Gasteiger partial charge in [0, 0.05) is 6.04 Å². The van der Waals surface area contributed by atoms with Crippen molar-refractivity contribution in [3.63, 3.8) is 0 Å². The largest absolute Gasteiger partial charge is 0.508 e. The van der Waals surface area contributed by atoms with E-state index in [1.807, 2.05) is 13.1 Å². The van der Waals surface area contributed by atoms with Gasteiger partial charge in [-0.15, -0.1) is 0 Å². The summed E-state index contributed by atoms with van der Waals surface area (Å²) in [7, 11) is 1.93. The molecular formula is C13H17NO3. The molecule has 4 nitrogen and oxygen atoms in total. The number of piperidine rings is 1. The molecule has 0 aliphatic carbocycles. The third-order valence-corrected chi connectivity index (χ3v) is 3.41. The normalized spacial score (nSPS) is 25.7. The second-order valence-electron chi connectivity index (χ2n) is 4.61. The molecule has 0 radical (unpaired) electrons. The molecule has 1 heterocycles. The van der Waals surface area contributed by atoms with Crippen molar-refractivity contribution in [2.75, 3.05) is 13.6 Å². The lowest BCUT2D eigenvalue weighted by atomic mass is 9.85. The summed E-state index contributed by atoms with van der Waals surface area (Å²) in [6.45, 7) is 0.893. The monoisotopic (exact) mass is 235 g/mol. The van der Waals surface area contributed by atoms with E-state index in [-0.39, 0.29) is 11.8 Å². The van der Waals surface area contributed by atoms with Crippen LogP contribution in [-0.4, -0.2) is 34.7 Å². The summed E-state index contributed by atoms with van der Waals surface area (Å²) in [5.74, 6) is -0.967. The Kier molecular flexibility index (Phi) is 3.33. The second-order valence-corrected chi connectivity index (χ2v) is 4.61. The van der Waals surface area contributed by atoms with E-state index >= 15 is 0 Å². The van der Waals surface area contributed by atoms with Crippen molar-refractivity contribution in [3.05, 3.63) is 29.8 Å². The molecule has 0 spiro atoms. The van der Waals surface area contributed by atoms with Crippen molar-refractivity contribution in [2.24, 2.45) is 5.92 Å². The van der Waals surface area contributed by atoms with E-state index < -0.39 is 11.9 Å². The van der Waals surface area contributed by atoms with Gasteiger partial charge in [-0.25, -0.2) is 0 Å². The lowest BCUT2D eigenvalue weighted by Gasteiger charge is -2.37. The first-order chi connectivity index (χ1) is 8.09. The van der Waals surface area contributed by atoms with Crippen LogP contribution in [0, 0.1) is 5.92 Å². The van der Waals surface area contributed by atoms with E-state index in [0.29, 0.717) is 6.42 Å². The summed E-state index contributed by atoms with van der Waals surface area (Å²) in [4.78, 5) is 13.3. The molecule has 2 rings (SSSR count). The van der Waals surface area contributed by atoms with Gasteiger partial charge >= 0.3 is 5.97 Å². The summed E-state index contributed by atoms with van der Waals surface area (Å²) in [6, 6.07) is 6.74. The molecule has 92 valence electrons. The highest BCUT2D eigenvalue weighted by Gasteiger charge is 2.35. The number of carboxylic acid groups (broad SMARTS) is 1. The molecule has 0 saturated carbocycles. The topological polar surface area (TPSA) is 60.8 Å². The standard InChI is InChI=1S/C13H17NO3/c1-14-7-3-6-11(13(16)17)12(14)9-4-2-5-10(15)8-9/h2,4-5,8,11-12,15H,3,6-7H2,1H3,(H,16,17)/t11-,12+/m0/s1. The van der Waals surface area contributed by atoms with Gasteiger partial charge in [-0.2, -0.15) is 0 Å². The first-order valence-electron chi connectivity index (χ1n) is 5.81. The van der Waals surface area contributed by atoms with Crippen LogP contribution < -0.4 is 0 Å². The highest BCUT2D eigenvalue weighted by molar-refractivity contribution is 5.71. The maximum absolute atomic E-state index is 11.3. The number of carbonyl (C=O) groups is 1. The van der Waals surface area contributed by atoms with Gasteiger partial charge in [0.15, 0.2) is 0 Å². The van der Waals surface area contributed by atoms with Crippen molar-refractivity contribution in [2.45, 2.75) is 18.9 Å². The molecule has 0 bridgehead atoms. The van der Waals surface area contributed by atoms with Crippen molar-refractivity contribution in [1.82, 2.24) is 4.90 Å². The third kappa shape index (κ3) is 2.42. The lowest BCUT2D eigenvalue weighted by Crippen LogP contribution is -2.39. The highest BCUT2D eigenvalue weighted by Crippen LogP contribution is 2.36. The van der Waals surface area contributed by atoms with E-state index in [2.05, 4.69) is 4.90 Å². The number of aromatic hydroxyl groups is 1. The van der Waals surface area contributed by atoms with Gasteiger partial charge in [0.25, 0.3) is 0 Å². The minimum atomic E-state index is -0.759. The fourth-order valence-electron chi connectivity index (χ4n) is 2.62. The van der Waals surface area contributed by atoms with Crippen LogP contribution in [0.4, 0.5) is 0 Å². The number of aliphatic carboxylic acids is 1. The summed E-state index contributed by atoms with van der Waals surface area (Å²) in [5, 5.41) is 18.8. The highest BCUT2D eigenvalue weighted by atomic mass is 16.4. The van der Waals surface area contributed by atoms with Crippen LogP contribution >= 0.6 is 0 Å². The Labute approximate surface area is 100 Å². The summed E-state index contributed by atoms with van der Waals surface area (Å²) >= 11 is 0. The molecule has 1 aliphatic rings. The summed E-state index contributed by atoms with van der Waals surface area (Å²) < 4.78 is 0. The minimum Gasteiger partial charge on any atom is -0.508 e. The number of phenolic OH excluding ortho intramolecular Hbond substituents is 1. The maximum atomic E-state index is 11.3. The quantitative estimate of drug-likeness (QED) is 0.821. The molecule has 1 fully saturated rings. The first kappa shape index (κ1) is 11.9. The van der Waals surface area contributed by atoms with Gasteiger partial charge < -0.3 is 10.2 Å². The number of nitrogens with zero attached hydrogens (tertiary/aromatic N) is 1. The van der Waals surface area contributed by atoms with E-state index in [4.69, 9.17) is 0 Å². The Hall–Kier alpha value is -1.55. The Balaban J connectivity index is 2.34. The predicted molar refractivity (Wildman–Crippen MR) is 63.8 cm³/mol. The van der Waals surface area contributed by atoms with Crippen LogP contribution in [0.3, 0.4) is 0 Å². The smallest absolute Gasteiger partial charge is 0.308 e. The Morgan fingerprint density at radius 2 is 2.24 bits per heavy atom. The van der Waals surface area contributed by atoms with Crippen molar-refractivity contribution in [1.29, 1.82) is 0 Å². The van der Waals surface area contributed by atoms with E-state index in [0.717, 1.165) is 18.5 Å². The maximum Gasteiger partial charge on any atom is 0.308 e. The Morgan fingerprint density at radius 3 is 2.88 bits per heavy atom. The molecule has 0 unspecified atom stereocenters. The number of hydrogen-bond donors (Lipinski definition) is 2. The Bertz CT molecular complexity index is 419. The van der Waals surface area contributed by atoms with E-state index in [1.54, 1.807) is 18.2 Å². The van der Waals surface area contributed by atoms with Crippen LogP contribution in [0.25, 0.3) is 0 Å². The number of carboxylic acids is 1. The van der Waals surface area contributed by atoms with E-state index in [9.17, 15) is 15.0 Å².